The van der Waals surface area contributed by atoms with Crippen LogP contribution in [0.3, 0.4) is 0 Å². The molecule has 0 radical (unpaired) electrons. The summed E-state index contributed by atoms with van der Waals surface area (Å²) in [4.78, 5) is 11.4. The van der Waals surface area contributed by atoms with Crippen LogP contribution in [0, 0.1) is 5.82 Å². The first-order chi connectivity index (χ1) is 16.1. The molecule has 5 unspecified atom stereocenters. The quantitative estimate of drug-likeness (QED) is 0.387. The molecular weight excluding hydrogens is 500 g/mol. The minimum absolute atomic E-state index is 0.00577. The van der Waals surface area contributed by atoms with Gasteiger partial charge in [-0.1, -0.05) is 29.3 Å². The van der Waals surface area contributed by atoms with Crippen LogP contribution in [0.15, 0.2) is 24.3 Å². The number of nitrogens with two attached hydrogens (primary N) is 1. The van der Waals surface area contributed by atoms with Gasteiger partial charge in [-0.15, -0.1) is 0 Å². The smallest absolute Gasteiger partial charge is 0.335 e. The van der Waals surface area contributed by atoms with E-state index < -0.39 is 54.3 Å². The molecule has 6 N–H and O–H groups in total. The van der Waals surface area contributed by atoms with E-state index in [1.807, 2.05) is 0 Å². The molecule has 2 aromatic rings. The Balaban J connectivity index is 1.80. The Labute approximate surface area is 202 Å². The number of carbonyl (C=O) groups is 1. The van der Waals surface area contributed by atoms with Crippen molar-refractivity contribution in [3.63, 3.8) is 0 Å². The number of aliphatic carboxylic acids is 1. The maximum atomic E-state index is 15.3. The number of aliphatic hydroxyl groups is 3. The minimum Gasteiger partial charge on any atom is -0.482 e. The van der Waals surface area contributed by atoms with Crippen molar-refractivity contribution in [3.05, 3.63) is 40.1 Å². The fourth-order valence-electron chi connectivity index (χ4n) is 3.65. The van der Waals surface area contributed by atoms with Crippen molar-refractivity contribution in [2.45, 2.75) is 36.8 Å². The highest BCUT2D eigenvalue weighted by atomic mass is 35.5. The Bertz CT molecular complexity index is 1080. The number of hydrogen-bond donors (Lipinski definition) is 5. The first-order valence-electron chi connectivity index (χ1n) is 10.0. The number of carboxylic acids is 1. The molecule has 2 aromatic carbocycles. The van der Waals surface area contributed by atoms with Gasteiger partial charge in [-0.25, -0.2) is 9.18 Å². The molecule has 0 amide bonds. The van der Waals surface area contributed by atoms with Gasteiger partial charge in [-0.3, -0.25) is 0 Å². The zero-order chi connectivity index (χ0) is 24.7. The van der Waals surface area contributed by atoms with Crippen LogP contribution in [0.5, 0.6) is 17.2 Å². The monoisotopic (exact) mass is 519 g/mol. The summed E-state index contributed by atoms with van der Waals surface area (Å²) in [5.74, 6) is -3.46. The van der Waals surface area contributed by atoms with Gasteiger partial charge in [0.2, 0.25) is 17.8 Å². The van der Waals surface area contributed by atoms with Crippen molar-refractivity contribution in [3.8, 4) is 28.4 Å². The second-order valence-corrected chi connectivity index (χ2v) is 8.44. The maximum Gasteiger partial charge on any atom is 0.335 e. The number of carboxylic acid groups (broad SMARTS) is 1. The van der Waals surface area contributed by atoms with E-state index in [0.717, 1.165) is 6.07 Å². The fraction of sp³-hybridized carbons (Fsp3) is 0.381. The Kier molecular flexibility index (Phi) is 7.06. The van der Waals surface area contributed by atoms with E-state index in [9.17, 15) is 25.2 Å². The number of rotatable bonds is 5. The van der Waals surface area contributed by atoms with Crippen molar-refractivity contribution >= 4 is 29.2 Å². The lowest BCUT2D eigenvalue weighted by molar-refractivity contribution is -0.271. The summed E-state index contributed by atoms with van der Waals surface area (Å²) in [6.07, 6.45) is -10.2. The zero-order valence-corrected chi connectivity index (χ0v) is 18.7. The Morgan fingerprint density at radius 2 is 1.82 bits per heavy atom. The van der Waals surface area contributed by atoms with E-state index in [1.165, 1.54) is 0 Å². The molecule has 0 aromatic heterocycles. The summed E-state index contributed by atoms with van der Waals surface area (Å²) in [5, 5.41) is 39.8. The average molecular weight is 520 g/mol. The van der Waals surface area contributed by atoms with Crippen molar-refractivity contribution < 1.29 is 48.6 Å². The molecule has 184 valence electrons. The summed E-state index contributed by atoms with van der Waals surface area (Å²) in [7, 11) is 0. The van der Waals surface area contributed by atoms with Gasteiger partial charge in [0.1, 0.15) is 31.0 Å². The van der Waals surface area contributed by atoms with E-state index >= 15 is 4.39 Å². The predicted octanol–water partition coefficient (Wildman–Crippen LogP) is 1.17. The Morgan fingerprint density at radius 1 is 1.15 bits per heavy atom. The molecule has 0 bridgehead atoms. The Hall–Kier alpha value is -2.38. The number of benzene rings is 2. The van der Waals surface area contributed by atoms with Crippen LogP contribution in [-0.2, 0) is 9.53 Å². The maximum absolute atomic E-state index is 15.3. The summed E-state index contributed by atoms with van der Waals surface area (Å²) < 4.78 is 37.4. The third-order valence-electron chi connectivity index (χ3n) is 5.39. The van der Waals surface area contributed by atoms with E-state index in [0.29, 0.717) is 0 Å². The number of fused-ring (bicyclic) bond motifs is 1. The first kappa shape index (κ1) is 24.7. The molecule has 13 heteroatoms. The molecule has 0 spiro atoms. The van der Waals surface area contributed by atoms with Gasteiger partial charge in [-0.2, -0.15) is 0 Å². The summed E-state index contributed by atoms with van der Waals surface area (Å²) >= 11 is 12.6. The molecule has 1 saturated heterocycles. The molecular formula is C21H20Cl2FNO9. The van der Waals surface area contributed by atoms with Crippen molar-refractivity contribution in [2.24, 2.45) is 5.73 Å². The highest BCUT2D eigenvalue weighted by molar-refractivity contribution is 6.39. The third kappa shape index (κ3) is 4.36. The van der Waals surface area contributed by atoms with Gasteiger partial charge < -0.3 is 45.1 Å². The van der Waals surface area contributed by atoms with E-state index in [-0.39, 0.29) is 45.8 Å². The van der Waals surface area contributed by atoms with Crippen LogP contribution in [0.4, 0.5) is 4.39 Å². The summed E-state index contributed by atoms with van der Waals surface area (Å²) in [6, 6.07) is 5.71. The van der Waals surface area contributed by atoms with Crippen LogP contribution in [-0.4, -0.2) is 76.4 Å². The standard InChI is InChI=1S/C21H20Cl2FNO9/c22-9-2-1-3-10(23)12(9)8-4-11(24)17(19-16(8)32-7(5-25)6-31-19)33-21-15(28)13(26)14(27)18(34-21)20(29)30/h1-4,7,13-15,18,21,26-28H,5-6,25H2,(H,29,30)/t7-,13?,14?,15?,18?,21?/m0/s1. The molecule has 0 aliphatic carbocycles. The Morgan fingerprint density at radius 3 is 2.44 bits per heavy atom. The van der Waals surface area contributed by atoms with Crippen LogP contribution < -0.4 is 19.9 Å². The van der Waals surface area contributed by atoms with Gasteiger partial charge in [0.05, 0.1) is 10.0 Å². The van der Waals surface area contributed by atoms with Gasteiger partial charge >= 0.3 is 5.97 Å². The SMILES string of the molecule is NC[C@H]1COc2c(OC3OC(C(=O)O)C(O)C(O)C3O)c(F)cc(-c3c(Cl)cccc3Cl)c2O1. The lowest BCUT2D eigenvalue weighted by Crippen LogP contribution is -2.61. The molecule has 2 aliphatic rings. The van der Waals surface area contributed by atoms with Crippen molar-refractivity contribution in [2.75, 3.05) is 13.2 Å². The summed E-state index contributed by atoms with van der Waals surface area (Å²) in [6.45, 7) is -0.0102. The second kappa shape index (κ2) is 9.70. The molecule has 2 aliphatic heterocycles. The average Bonchev–Trinajstić information content (AvgIpc) is 2.80. The number of halogens is 3. The molecule has 0 saturated carbocycles. The molecule has 2 heterocycles. The topological polar surface area (TPSA) is 161 Å². The van der Waals surface area contributed by atoms with Crippen LogP contribution in [0.1, 0.15) is 0 Å². The lowest BCUT2D eigenvalue weighted by atomic mass is 9.99. The molecule has 4 rings (SSSR count). The highest BCUT2D eigenvalue weighted by Crippen LogP contribution is 2.51. The van der Waals surface area contributed by atoms with Gasteiger partial charge in [0.15, 0.2) is 17.7 Å². The predicted molar refractivity (Wildman–Crippen MR) is 116 cm³/mol. The summed E-state index contributed by atoms with van der Waals surface area (Å²) in [5.41, 5.74) is 6.09. The largest absolute Gasteiger partial charge is 0.482 e. The fourth-order valence-corrected chi connectivity index (χ4v) is 4.25. The van der Waals surface area contributed by atoms with Crippen LogP contribution in [0.25, 0.3) is 11.1 Å². The number of hydrogen-bond acceptors (Lipinski definition) is 9. The minimum atomic E-state index is -1.95. The van der Waals surface area contributed by atoms with E-state index in [4.69, 9.17) is 47.9 Å². The van der Waals surface area contributed by atoms with Crippen molar-refractivity contribution in [1.29, 1.82) is 0 Å². The molecule has 1 fully saturated rings. The van der Waals surface area contributed by atoms with Gasteiger partial charge in [-0.05, 0) is 18.2 Å². The van der Waals surface area contributed by atoms with Crippen LogP contribution >= 0.6 is 23.2 Å². The van der Waals surface area contributed by atoms with Crippen molar-refractivity contribution in [1.82, 2.24) is 0 Å². The van der Waals surface area contributed by atoms with Gasteiger partial charge in [0, 0.05) is 17.7 Å². The van der Waals surface area contributed by atoms with Crippen LogP contribution in [0.2, 0.25) is 10.0 Å². The van der Waals surface area contributed by atoms with Gasteiger partial charge in [0.25, 0.3) is 0 Å². The number of aliphatic hydroxyl groups excluding tert-OH is 3. The first-order valence-corrected chi connectivity index (χ1v) is 10.8. The second-order valence-electron chi connectivity index (χ2n) is 7.63. The highest BCUT2D eigenvalue weighted by Gasteiger charge is 2.49. The molecule has 6 atom stereocenters. The molecule has 34 heavy (non-hydrogen) atoms. The lowest BCUT2D eigenvalue weighted by Gasteiger charge is -2.39. The zero-order valence-electron chi connectivity index (χ0n) is 17.2. The normalized spacial score (nSPS) is 28.4. The van der Waals surface area contributed by atoms with E-state index in [2.05, 4.69) is 0 Å². The van der Waals surface area contributed by atoms with E-state index in [1.54, 1.807) is 18.2 Å². The molecule has 10 nitrogen and oxygen atoms in total. The third-order valence-corrected chi connectivity index (χ3v) is 6.02. The number of ether oxygens (including phenoxy) is 4.